The Labute approximate surface area is 147 Å². The number of hydrogen-bond acceptors (Lipinski definition) is 3. The average molecular weight is 338 g/mol. The molecule has 1 aliphatic rings. The van der Waals surface area contributed by atoms with E-state index in [1.54, 1.807) is 12.3 Å². The van der Waals surface area contributed by atoms with Gasteiger partial charge in [-0.1, -0.05) is 12.1 Å². The van der Waals surface area contributed by atoms with Crippen LogP contribution >= 0.6 is 0 Å². The molecular formula is C19H22N4O2. The van der Waals surface area contributed by atoms with Gasteiger partial charge >= 0.3 is 6.03 Å². The van der Waals surface area contributed by atoms with Crippen LogP contribution in [0.3, 0.4) is 0 Å². The van der Waals surface area contributed by atoms with E-state index >= 15 is 0 Å². The number of anilines is 2. The Hall–Kier alpha value is -2.89. The summed E-state index contributed by atoms with van der Waals surface area (Å²) in [7, 11) is 0. The monoisotopic (exact) mass is 338 g/mol. The van der Waals surface area contributed by atoms with Crippen LogP contribution in [0.15, 0.2) is 42.6 Å². The average Bonchev–Trinajstić information content (AvgIpc) is 3.40. The van der Waals surface area contributed by atoms with Crippen molar-refractivity contribution in [3.63, 3.8) is 0 Å². The van der Waals surface area contributed by atoms with Crippen molar-refractivity contribution in [2.45, 2.75) is 32.7 Å². The van der Waals surface area contributed by atoms with Crippen LogP contribution in [-0.2, 0) is 4.79 Å². The van der Waals surface area contributed by atoms with Gasteiger partial charge in [-0.2, -0.15) is 0 Å². The predicted molar refractivity (Wildman–Crippen MR) is 97.3 cm³/mol. The fourth-order valence-electron chi connectivity index (χ4n) is 2.52. The summed E-state index contributed by atoms with van der Waals surface area (Å²) < 4.78 is 0. The van der Waals surface area contributed by atoms with Gasteiger partial charge in [-0.3, -0.25) is 9.78 Å². The third-order valence-corrected chi connectivity index (χ3v) is 4.13. The number of amides is 3. The number of nitrogens with zero attached hydrogens (tertiary/aromatic N) is 1. The molecule has 0 bridgehead atoms. The summed E-state index contributed by atoms with van der Waals surface area (Å²) in [6.07, 6.45) is 3.62. The second-order valence-electron chi connectivity index (χ2n) is 6.39. The highest BCUT2D eigenvalue weighted by Crippen LogP contribution is 2.30. The van der Waals surface area contributed by atoms with E-state index in [9.17, 15) is 9.59 Å². The highest BCUT2D eigenvalue weighted by molar-refractivity contribution is 5.94. The van der Waals surface area contributed by atoms with Gasteiger partial charge in [0.15, 0.2) is 0 Å². The lowest BCUT2D eigenvalue weighted by atomic mass is 10.1. The molecule has 25 heavy (non-hydrogen) atoms. The molecule has 1 fully saturated rings. The molecule has 3 rings (SSSR count). The summed E-state index contributed by atoms with van der Waals surface area (Å²) in [5, 5.41) is 8.59. The fraction of sp³-hybridized carbons (Fsp3) is 0.316. The van der Waals surface area contributed by atoms with Crippen LogP contribution in [0.1, 0.15) is 37.1 Å². The second kappa shape index (κ2) is 7.34. The minimum Gasteiger partial charge on any atom is -0.331 e. The van der Waals surface area contributed by atoms with Crippen molar-refractivity contribution in [3.05, 3.63) is 53.9 Å². The predicted octanol–water partition coefficient (Wildman–Crippen LogP) is 3.62. The molecule has 1 saturated carbocycles. The highest BCUT2D eigenvalue weighted by atomic mass is 16.2. The Kier molecular flexibility index (Phi) is 4.97. The maximum atomic E-state index is 12.1. The van der Waals surface area contributed by atoms with Gasteiger partial charge in [-0.05, 0) is 56.5 Å². The van der Waals surface area contributed by atoms with E-state index < -0.39 is 0 Å². The lowest BCUT2D eigenvalue weighted by molar-refractivity contribution is -0.117. The van der Waals surface area contributed by atoms with Gasteiger partial charge in [0, 0.05) is 29.2 Å². The van der Waals surface area contributed by atoms with E-state index in [4.69, 9.17) is 0 Å². The number of benzene rings is 1. The highest BCUT2D eigenvalue weighted by Gasteiger charge is 2.29. The summed E-state index contributed by atoms with van der Waals surface area (Å²) in [5.41, 5.74) is 3.29. The molecule has 0 radical (unpaired) electrons. The Morgan fingerprint density at radius 1 is 1.08 bits per heavy atom. The number of nitrogens with one attached hydrogen (secondary N) is 3. The minimum atomic E-state index is -0.274. The van der Waals surface area contributed by atoms with E-state index in [2.05, 4.69) is 20.9 Å². The SMILES string of the molecule is Cc1cc(NC(=O)N[C@@H](C)c2ccc(NC(=O)C3CC3)cc2)ccn1. The Morgan fingerprint density at radius 3 is 2.44 bits per heavy atom. The van der Waals surface area contributed by atoms with E-state index in [0.29, 0.717) is 5.69 Å². The molecule has 3 amide bonds. The lowest BCUT2D eigenvalue weighted by Crippen LogP contribution is -2.31. The fourth-order valence-corrected chi connectivity index (χ4v) is 2.52. The van der Waals surface area contributed by atoms with Crippen LogP contribution in [0, 0.1) is 12.8 Å². The minimum absolute atomic E-state index is 0.0888. The molecule has 0 saturated heterocycles. The molecule has 1 aliphatic carbocycles. The molecule has 130 valence electrons. The Bertz CT molecular complexity index is 769. The summed E-state index contributed by atoms with van der Waals surface area (Å²) in [4.78, 5) is 28.0. The molecule has 6 nitrogen and oxygen atoms in total. The Morgan fingerprint density at radius 2 is 1.80 bits per heavy atom. The molecular weight excluding hydrogens is 316 g/mol. The van der Waals surface area contributed by atoms with E-state index in [-0.39, 0.29) is 23.9 Å². The standard InChI is InChI=1S/C19H22N4O2/c1-12-11-17(9-10-20-12)23-19(25)21-13(2)14-5-7-16(8-6-14)22-18(24)15-3-4-15/h5-11,13,15H,3-4H2,1-2H3,(H,22,24)(H2,20,21,23,25)/t13-/m0/s1. The zero-order chi connectivity index (χ0) is 17.8. The normalized spacial score (nSPS) is 14.5. The molecule has 1 heterocycles. The van der Waals surface area contributed by atoms with Crippen LogP contribution in [0.2, 0.25) is 0 Å². The van der Waals surface area contributed by atoms with Crippen molar-refractivity contribution in [1.29, 1.82) is 0 Å². The first kappa shape index (κ1) is 17.0. The van der Waals surface area contributed by atoms with Crippen molar-refractivity contribution in [2.24, 2.45) is 5.92 Å². The molecule has 0 spiro atoms. The van der Waals surface area contributed by atoms with Gasteiger partial charge in [0.05, 0.1) is 6.04 Å². The van der Waals surface area contributed by atoms with Crippen molar-refractivity contribution in [3.8, 4) is 0 Å². The summed E-state index contributed by atoms with van der Waals surface area (Å²) in [5.74, 6) is 0.270. The molecule has 0 unspecified atom stereocenters. The molecule has 3 N–H and O–H groups in total. The first-order valence-electron chi connectivity index (χ1n) is 8.42. The topological polar surface area (TPSA) is 83.1 Å². The Balaban J connectivity index is 1.54. The number of urea groups is 1. The molecule has 0 aliphatic heterocycles. The van der Waals surface area contributed by atoms with Crippen LogP contribution in [0.4, 0.5) is 16.2 Å². The summed E-state index contributed by atoms with van der Waals surface area (Å²) in [6, 6.07) is 10.7. The molecule has 6 heteroatoms. The number of pyridine rings is 1. The largest absolute Gasteiger partial charge is 0.331 e. The summed E-state index contributed by atoms with van der Waals surface area (Å²) >= 11 is 0. The zero-order valence-electron chi connectivity index (χ0n) is 14.4. The number of aryl methyl sites for hydroxylation is 1. The smallest absolute Gasteiger partial charge is 0.319 e. The molecule has 2 aromatic rings. The van der Waals surface area contributed by atoms with Crippen molar-refractivity contribution >= 4 is 23.3 Å². The first-order chi connectivity index (χ1) is 12.0. The van der Waals surface area contributed by atoms with Gasteiger partial charge in [-0.25, -0.2) is 4.79 Å². The lowest BCUT2D eigenvalue weighted by Gasteiger charge is -2.16. The van der Waals surface area contributed by atoms with Gasteiger partial charge < -0.3 is 16.0 Å². The van der Waals surface area contributed by atoms with Crippen LogP contribution in [-0.4, -0.2) is 16.9 Å². The summed E-state index contributed by atoms with van der Waals surface area (Å²) in [6.45, 7) is 3.78. The van der Waals surface area contributed by atoms with Gasteiger partial charge in [0.1, 0.15) is 0 Å². The number of carbonyl (C=O) groups excluding carboxylic acids is 2. The second-order valence-corrected chi connectivity index (χ2v) is 6.39. The van der Waals surface area contributed by atoms with Gasteiger partial charge in [0.2, 0.25) is 5.91 Å². The van der Waals surface area contributed by atoms with Crippen molar-refractivity contribution in [1.82, 2.24) is 10.3 Å². The number of rotatable bonds is 5. The van der Waals surface area contributed by atoms with Crippen molar-refractivity contribution in [2.75, 3.05) is 10.6 Å². The van der Waals surface area contributed by atoms with E-state index in [1.807, 2.05) is 44.2 Å². The molecule has 1 aromatic carbocycles. The van der Waals surface area contributed by atoms with Crippen LogP contribution in [0.25, 0.3) is 0 Å². The molecule has 1 aromatic heterocycles. The molecule has 1 atom stereocenters. The van der Waals surface area contributed by atoms with Crippen LogP contribution in [0.5, 0.6) is 0 Å². The number of hydrogen-bond donors (Lipinski definition) is 3. The van der Waals surface area contributed by atoms with E-state index in [1.165, 1.54) is 0 Å². The number of carbonyl (C=O) groups is 2. The van der Waals surface area contributed by atoms with Crippen LogP contribution < -0.4 is 16.0 Å². The third kappa shape index (κ3) is 4.79. The maximum Gasteiger partial charge on any atom is 0.319 e. The van der Waals surface area contributed by atoms with E-state index in [0.717, 1.165) is 29.8 Å². The first-order valence-corrected chi connectivity index (χ1v) is 8.42. The van der Waals surface area contributed by atoms with Gasteiger partial charge in [0.25, 0.3) is 0 Å². The maximum absolute atomic E-state index is 12.1. The third-order valence-electron chi connectivity index (χ3n) is 4.13. The number of aromatic nitrogens is 1. The van der Waals surface area contributed by atoms with Gasteiger partial charge in [-0.15, -0.1) is 0 Å². The van der Waals surface area contributed by atoms with Crippen molar-refractivity contribution < 1.29 is 9.59 Å². The zero-order valence-corrected chi connectivity index (χ0v) is 14.4. The quantitative estimate of drug-likeness (QED) is 0.778.